The summed E-state index contributed by atoms with van der Waals surface area (Å²) in [5.74, 6) is 0.320. The molecule has 0 saturated carbocycles. The molecule has 0 amide bonds. The van der Waals surface area contributed by atoms with Crippen LogP contribution in [0.3, 0.4) is 0 Å². The molecule has 0 aliphatic heterocycles. The molecular formula is C15H18O3. The van der Waals surface area contributed by atoms with Gasteiger partial charge in [0, 0.05) is 0 Å². The molecule has 0 fully saturated rings. The molecule has 0 unspecified atom stereocenters. The van der Waals surface area contributed by atoms with Crippen LogP contribution in [-0.4, -0.2) is 19.2 Å². The molecule has 0 heterocycles. The largest absolute Gasteiger partial charge is 0.493 e. The molecule has 1 rings (SSSR count). The van der Waals surface area contributed by atoms with Crippen LogP contribution in [0.1, 0.15) is 23.2 Å². The SMILES string of the molecule is C=CCCOC(=O)c1cccc(OCCC=C)c1. The first kappa shape index (κ1) is 14.0. The van der Waals surface area contributed by atoms with Gasteiger partial charge in [-0.3, -0.25) is 0 Å². The lowest BCUT2D eigenvalue weighted by atomic mass is 10.2. The van der Waals surface area contributed by atoms with Gasteiger partial charge in [0.2, 0.25) is 0 Å². The lowest BCUT2D eigenvalue weighted by Gasteiger charge is -2.07. The van der Waals surface area contributed by atoms with Crippen molar-refractivity contribution < 1.29 is 14.3 Å². The van der Waals surface area contributed by atoms with E-state index in [0.29, 0.717) is 30.9 Å². The van der Waals surface area contributed by atoms with E-state index in [1.807, 2.05) is 6.07 Å². The Morgan fingerprint density at radius 1 is 1.17 bits per heavy atom. The summed E-state index contributed by atoms with van der Waals surface area (Å²) < 4.78 is 10.5. The van der Waals surface area contributed by atoms with E-state index in [9.17, 15) is 4.79 Å². The Labute approximate surface area is 108 Å². The molecule has 0 N–H and O–H groups in total. The topological polar surface area (TPSA) is 35.5 Å². The van der Waals surface area contributed by atoms with Crippen LogP contribution < -0.4 is 4.74 Å². The first-order chi connectivity index (χ1) is 8.77. The zero-order valence-electron chi connectivity index (χ0n) is 10.4. The second-order valence-corrected chi connectivity index (χ2v) is 3.67. The minimum absolute atomic E-state index is 0.342. The molecule has 0 aliphatic rings. The van der Waals surface area contributed by atoms with Gasteiger partial charge < -0.3 is 9.47 Å². The Kier molecular flexibility index (Phi) is 6.33. The van der Waals surface area contributed by atoms with Crippen LogP contribution in [0.25, 0.3) is 0 Å². The fourth-order valence-electron chi connectivity index (χ4n) is 1.29. The lowest BCUT2D eigenvalue weighted by Crippen LogP contribution is -2.06. The Balaban J connectivity index is 2.54. The van der Waals surface area contributed by atoms with Crippen molar-refractivity contribution in [1.29, 1.82) is 0 Å². The van der Waals surface area contributed by atoms with Crippen molar-refractivity contribution in [3.8, 4) is 5.75 Å². The van der Waals surface area contributed by atoms with Crippen molar-refractivity contribution in [2.45, 2.75) is 12.8 Å². The van der Waals surface area contributed by atoms with Crippen LogP contribution >= 0.6 is 0 Å². The van der Waals surface area contributed by atoms with Gasteiger partial charge in [-0.25, -0.2) is 4.79 Å². The summed E-state index contributed by atoms with van der Waals surface area (Å²) in [6, 6.07) is 6.97. The Bertz CT molecular complexity index is 410. The van der Waals surface area contributed by atoms with Gasteiger partial charge in [-0.1, -0.05) is 18.2 Å². The zero-order valence-corrected chi connectivity index (χ0v) is 10.4. The maximum Gasteiger partial charge on any atom is 0.338 e. The smallest absolute Gasteiger partial charge is 0.338 e. The summed E-state index contributed by atoms with van der Waals surface area (Å²) in [6.45, 7) is 8.09. The van der Waals surface area contributed by atoms with E-state index < -0.39 is 0 Å². The molecule has 0 aromatic heterocycles. The highest BCUT2D eigenvalue weighted by atomic mass is 16.5. The molecule has 96 valence electrons. The Morgan fingerprint density at radius 3 is 2.61 bits per heavy atom. The van der Waals surface area contributed by atoms with E-state index in [1.165, 1.54) is 0 Å². The lowest BCUT2D eigenvalue weighted by molar-refractivity contribution is 0.0511. The summed E-state index contributed by atoms with van der Waals surface area (Å²) in [7, 11) is 0. The van der Waals surface area contributed by atoms with Crippen molar-refractivity contribution in [1.82, 2.24) is 0 Å². The summed E-state index contributed by atoms with van der Waals surface area (Å²) in [5.41, 5.74) is 0.496. The summed E-state index contributed by atoms with van der Waals surface area (Å²) in [5, 5.41) is 0. The van der Waals surface area contributed by atoms with Gasteiger partial charge in [0.15, 0.2) is 0 Å². The van der Waals surface area contributed by atoms with E-state index in [1.54, 1.807) is 30.4 Å². The number of hydrogen-bond acceptors (Lipinski definition) is 3. The van der Waals surface area contributed by atoms with E-state index in [4.69, 9.17) is 9.47 Å². The Morgan fingerprint density at radius 2 is 1.89 bits per heavy atom. The number of hydrogen-bond donors (Lipinski definition) is 0. The van der Waals surface area contributed by atoms with Crippen molar-refractivity contribution in [2.75, 3.05) is 13.2 Å². The van der Waals surface area contributed by atoms with E-state index in [-0.39, 0.29) is 5.97 Å². The quantitative estimate of drug-likeness (QED) is 0.401. The maximum atomic E-state index is 11.7. The van der Waals surface area contributed by atoms with E-state index in [2.05, 4.69) is 13.2 Å². The standard InChI is InChI=1S/C15H18O3/c1-3-5-10-17-14-9-7-8-13(12-14)15(16)18-11-6-4-2/h3-4,7-9,12H,1-2,5-6,10-11H2. The molecular weight excluding hydrogens is 228 g/mol. The number of carbonyl (C=O) groups is 1. The van der Waals surface area contributed by atoms with Crippen LogP contribution in [0.5, 0.6) is 5.75 Å². The molecule has 0 spiro atoms. The summed E-state index contributed by atoms with van der Waals surface area (Å²) >= 11 is 0. The molecule has 0 atom stereocenters. The first-order valence-electron chi connectivity index (χ1n) is 5.89. The second kappa shape index (κ2) is 8.12. The third-order valence-corrected chi connectivity index (χ3v) is 2.22. The number of rotatable bonds is 8. The number of benzene rings is 1. The zero-order chi connectivity index (χ0) is 13.2. The highest BCUT2D eigenvalue weighted by Crippen LogP contribution is 2.14. The number of ether oxygens (including phenoxy) is 2. The second-order valence-electron chi connectivity index (χ2n) is 3.67. The summed E-state index contributed by atoms with van der Waals surface area (Å²) in [6.07, 6.45) is 4.92. The molecule has 0 aliphatic carbocycles. The number of carbonyl (C=O) groups excluding carboxylic acids is 1. The predicted octanol–water partition coefficient (Wildman–Crippen LogP) is 3.37. The molecule has 1 aromatic carbocycles. The van der Waals surface area contributed by atoms with Crippen molar-refractivity contribution in [3.63, 3.8) is 0 Å². The van der Waals surface area contributed by atoms with Gasteiger partial charge in [0.05, 0.1) is 18.8 Å². The monoisotopic (exact) mass is 246 g/mol. The van der Waals surface area contributed by atoms with Gasteiger partial charge in [0.1, 0.15) is 5.75 Å². The van der Waals surface area contributed by atoms with E-state index >= 15 is 0 Å². The van der Waals surface area contributed by atoms with Gasteiger partial charge in [-0.2, -0.15) is 0 Å². The molecule has 18 heavy (non-hydrogen) atoms. The molecule has 0 bridgehead atoms. The molecule has 1 aromatic rings. The fourth-order valence-corrected chi connectivity index (χ4v) is 1.29. The van der Waals surface area contributed by atoms with Crippen LogP contribution in [0.2, 0.25) is 0 Å². The highest BCUT2D eigenvalue weighted by molar-refractivity contribution is 5.89. The van der Waals surface area contributed by atoms with Gasteiger partial charge in [0.25, 0.3) is 0 Å². The molecule has 3 heteroatoms. The third kappa shape index (κ3) is 4.87. The average Bonchev–Trinajstić information content (AvgIpc) is 2.39. The van der Waals surface area contributed by atoms with Gasteiger partial charge in [-0.15, -0.1) is 13.2 Å². The minimum atomic E-state index is -0.342. The average molecular weight is 246 g/mol. The summed E-state index contributed by atoms with van der Waals surface area (Å²) in [4.78, 5) is 11.7. The normalized spacial score (nSPS) is 9.56. The van der Waals surface area contributed by atoms with Crippen LogP contribution in [-0.2, 0) is 4.74 Å². The van der Waals surface area contributed by atoms with Gasteiger partial charge in [-0.05, 0) is 31.0 Å². The Hall–Kier alpha value is -2.03. The third-order valence-electron chi connectivity index (χ3n) is 2.22. The minimum Gasteiger partial charge on any atom is -0.493 e. The van der Waals surface area contributed by atoms with Crippen molar-refractivity contribution >= 4 is 5.97 Å². The van der Waals surface area contributed by atoms with Crippen molar-refractivity contribution in [3.05, 3.63) is 55.1 Å². The molecule has 0 saturated heterocycles. The first-order valence-corrected chi connectivity index (χ1v) is 5.89. The van der Waals surface area contributed by atoms with Crippen LogP contribution in [0.4, 0.5) is 0 Å². The van der Waals surface area contributed by atoms with Crippen LogP contribution in [0.15, 0.2) is 49.6 Å². The number of esters is 1. The highest BCUT2D eigenvalue weighted by Gasteiger charge is 2.07. The van der Waals surface area contributed by atoms with Crippen molar-refractivity contribution in [2.24, 2.45) is 0 Å². The molecule has 3 nitrogen and oxygen atoms in total. The maximum absolute atomic E-state index is 11.7. The fraction of sp³-hybridized carbons (Fsp3) is 0.267. The van der Waals surface area contributed by atoms with Crippen LogP contribution in [0, 0.1) is 0 Å². The van der Waals surface area contributed by atoms with E-state index in [0.717, 1.165) is 6.42 Å². The molecule has 0 radical (unpaired) electrons. The predicted molar refractivity (Wildman–Crippen MR) is 71.8 cm³/mol. The van der Waals surface area contributed by atoms with Gasteiger partial charge >= 0.3 is 5.97 Å².